The number of hydrogen-bond donors (Lipinski definition) is 2. The first-order valence-electron chi connectivity index (χ1n) is 6.66. The van der Waals surface area contributed by atoms with Crippen LogP contribution in [0.4, 0.5) is 0 Å². The molecule has 2 rings (SSSR count). The zero-order valence-corrected chi connectivity index (χ0v) is 10.7. The third kappa shape index (κ3) is 2.53. The lowest BCUT2D eigenvalue weighted by molar-refractivity contribution is 0.0588. The van der Waals surface area contributed by atoms with Gasteiger partial charge in [0.2, 0.25) is 0 Å². The van der Waals surface area contributed by atoms with Gasteiger partial charge in [-0.05, 0) is 36.8 Å². The summed E-state index contributed by atoms with van der Waals surface area (Å²) in [6, 6.07) is 8.73. The first-order valence-corrected chi connectivity index (χ1v) is 6.66. The average Bonchev–Trinajstić information content (AvgIpc) is 2.72. The van der Waals surface area contributed by atoms with Gasteiger partial charge >= 0.3 is 0 Å². The molecule has 2 nitrogen and oxygen atoms in total. The number of aliphatic hydroxyl groups excluding tert-OH is 1. The summed E-state index contributed by atoms with van der Waals surface area (Å²) in [5.74, 6) is 0. The van der Waals surface area contributed by atoms with Crippen molar-refractivity contribution in [3.8, 4) is 0 Å². The molecule has 0 bridgehead atoms. The lowest BCUT2D eigenvalue weighted by atomic mass is 9.78. The largest absolute Gasteiger partial charge is 0.392 e. The standard InChI is InChI=1S/C15H23NO/c1-2-12-5-7-13(8-6-12)10-15(11-16)9-3-4-14(15)17/h5-8,14,17H,2-4,9-11,16H2,1H3. The van der Waals surface area contributed by atoms with E-state index in [1.807, 2.05) is 0 Å². The average molecular weight is 233 g/mol. The van der Waals surface area contributed by atoms with Crippen molar-refractivity contribution in [2.45, 2.75) is 45.1 Å². The maximum absolute atomic E-state index is 10.1. The monoisotopic (exact) mass is 233 g/mol. The fraction of sp³-hybridized carbons (Fsp3) is 0.600. The van der Waals surface area contributed by atoms with Crippen LogP contribution in [0, 0.1) is 5.41 Å². The third-order valence-electron chi connectivity index (χ3n) is 4.25. The number of benzene rings is 1. The van der Waals surface area contributed by atoms with Gasteiger partial charge in [-0.3, -0.25) is 0 Å². The van der Waals surface area contributed by atoms with Gasteiger partial charge < -0.3 is 10.8 Å². The van der Waals surface area contributed by atoms with Crippen molar-refractivity contribution in [1.29, 1.82) is 0 Å². The molecule has 3 N–H and O–H groups in total. The van der Waals surface area contributed by atoms with Crippen LogP contribution >= 0.6 is 0 Å². The zero-order chi connectivity index (χ0) is 12.3. The summed E-state index contributed by atoms with van der Waals surface area (Å²) < 4.78 is 0. The molecule has 2 unspecified atom stereocenters. The summed E-state index contributed by atoms with van der Waals surface area (Å²) in [4.78, 5) is 0. The minimum atomic E-state index is -0.224. The van der Waals surface area contributed by atoms with Crippen molar-refractivity contribution >= 4 is 0 Å². The quantitative estimate of drug-likeness (QED) is 0.838. The lowest BCUT2D eigenvalue weighted by Crippen LogP contribution is -2.39. The second-order valence-corrected chi connectivity index (χ2v) is 5.32. The molecule has 0 spiro atoms. The Bertz CT molecular complexity index is 360. The predicted molar refractivity (Wildman–Crippen MR) is 70.9 cm³/mol. The molecular formula is C15H23NO. The van der Waals surface area contributed by atoms with Gasteiger partial charge in [-0.25, -0.2) is 0 Å². The van der Waals surface area contributed by atoms with Crippen molar-refractivity contribution in [2.75, 3.05) is 6.54 Å². The molecule has 1 aromatic rings. The van der Waals surface area contributed by atoms with E-state index in [0.29, 0.717) is 6.54 Å². The van der Waals surface area contributed by atoms with Crippen LogP contribution in [0.5, 0.6) is 0 Å². The Morgan fingerprint density at radius 1 is 1.29 bits per heavy atom. The third-order valence-corrected chi connectivity index (χ3v) is 4.25. The summed E-state index contributed by atoms with van der Waals surface area (Å²) in [6.07, 6.45) is 4.83. The topological polar surface area (TPSA) is 46.2 Å². The van der Waals surface area contributed by atoms with Crippen LogP contribution in [0.3, 0.4) is 0 Å². The highest BCUT2D eigenvalue weighted by Crippen LogP contribution is 2.40. The fourth-order valence-electron chi connectivity index (χ4n) is 2.94. The number of aliphatic hydroxyl groups is 1. The van der Waals surface area contributed by atoms with E-state index in [1.165, 1.54) is 11.1 Å². The summed E-state index contributed by atoms with van der Waals surface area (Å²) in [5.41, 5.74) is 8.49. The molecule has 0 radical (unpaired) electrons. The van der Waals surface area contributed by atoms with Gasteiger partial charge in [0.15, 0.2) is 0 Å². The van der Waals surface area contributed by atoms with E-state index in [4.69, 9.17) is 5.73 Å². The SMILES string of the molecule is CCc1ccc(CC2(CN)CCCC2O)cc1. The molecule has 1 aliphatic carbocycles. The van der Waals surface area contributed by atoms with Gasteiger partial charge in [0.1, 0.15) is 0 Å². The lowest BCUT2D eigenvalue weighted by Gasteiger charge is -2.31. The number of aryl methyl sites for hydroxylation is 1. The van der Waals surface area contributed by atoms with E-state index in [2.05, 4.69) is 31.2 Å². The van der Waals surface area contributed by atoms with Gasteiger partial charge in [0.25, 0.3) is 0 Å². The van der Waals surface area contributed by atoms with Crippen molar-refractivity contribution in [1.82, 2.24) is 0 Å². The van der Waals surface area contributed by atoms with Crippen LogP contribution in [0.25, 0.3) is 0 Å². The minimum Gasteiger partial charge on any atom is -0.392 e. The van der Waals surface area contributed by atoms with Crippen LogP contribution in [-0.2, 0) is 12.8 Å². The van der Waals surface area contributed by atoms with Crippen molar-refractivity contribution < 1.29 is 5.11 Å². The van der Waals surface area contributed by atoms with Gasteiger partial charge in [-0.2, -0.15) is 0 Å². The minimum absolute atomic E-state index is 0.0757. The second kappa shape index (κ2) is 5.19. The Morgan fingerprint density at radius 3 is 2.41 bits per heavy atom. The van der Waals surface area contributed by atoms with Gasteiger partial charge in [-0.1, -0.05) is 37.6 Å². The summed E-state index contributed by atoms with van der Waals surface area (Å²) in [6.45, 7) is 2.75. The highest BCUT2D eigenvalue weighted by Gasteiger charge is 2.40. The molecule has 0 saturated heterocycles. The Balaban J connectivity index is 2.12. The smallest absolute Gasteiger partial charge is 0.0611 e. The van der Waals surface area contributed by atoms with Crippen LogP contribution in [0.1, 0.15) is 37.3 Å². The molecule has 0 heterocycles. The fourth-order valence-corrected chi connectivity index (χ4v) is 2.94. The number of nitrogens with two attached hydrogens (primary N) is 1. The van der Waals surface area contributed by atoms with Crippen molar-refractivity contribution in [3.05, 3.63) is 35.4 Å². The molecule has 2 heteroatoms. The van der Waals surface area contributed by atoms with E-state index in [-0.39, 0.29) is 11.5 Å². The number of hydrogen-bond acceptors (Lipinski definition) is 2. The van der Waals surface area contributed by atoms with Gasteiger partial charge in [0.05, 0.1) is 6.10 Å². The van der Waals surface area contributed by atoms with E-state index in [0.717, 1.165) is 32.1 Å². The Hall–Kier alpha value is -0.860. The van der Waals surface area contributed by atoms with Crippen molar-refractivity contribution in [3.63, 3.8) is 0 Å². The van der Waals surface area contributed by atoms with Crippen LogP contribution < -0.4 is 5.73 Å². The van der Waals surface area contributed by atoms with Crippen LogP contribution in [0.2, 0.25) is 0 Å². The zero-order valence-electron chi connectivity index (χ0n) is 10.7. The van der Waals surface area contributed by atoms with Gasteiger partial charge in [-0.15, -0.1) is 0 Å². The molecule has 94 valence electrons. The predicted octanol–water partition coefficient (Wildman–Crippen LogP) is 2.28. The molecule has 1 aliphatic rings. The summed E-state index contributed by atoms with van der Waals surface area (Å²) >= 11 is 0. The molecular weight excluding hydrogens is 210 g/mol. The number of rotatable bonds is 4. The van der Waals surface area contributed by atoms with Crippen molar-refractivity contribution in [2.24, 2.45) is 11.1 Å². The first-order chi connectivity index (χ1) is 8.20. The molecule has 0 amide bonds. The Morgan fingerprint density at radius 2 is 1.94 bits per heavy atom. The normalized spacial score (nSPS) is 28.5. The highest BCUT2D eigenvalue weighted by molar-refractivity contribution is 5.24. The van der Waals surface area contributed by atoms with Crippen LogP contribution in [0.15, 0.2) is 24.3 Å². The van der Waals surface area contributed by atoms with Gasteiger partial charge in [0, 0.05) is 12.0 Å². The Labute approximate surface area is 104 Å². The maximum atomic E-state index is 10.1. The summed E-state index contributed by atoms with van der Waals surface area (Å²) in [5, 5.41) is 10.1. The Kier molecular flexibility index (Phi) is 3.85. The second-order valence-electron chi connectivity index (χ2n) is 5.32. The molecule has 0 aromatic heterocycles. The van der Waals surface area contributed by atoms with E-state index < -0.39 is 0 Å². The molecule has 17 heavy (non-hydrogen) atoms. The van der Waals surface area contributed by atoms with E-state index >= 15 is 0 Å². The summed E-state index contributed by atoms with van der Waals surface area (Å²) in [7, 11) is 0. The molecule has 1 saturated carbocycles. The maximum Gasteiger partial charge on any atom is 0.0611 e. The van der Waals surface area contributed by atoms with Crippen LogP contribution in [-0.4, -0.2) is 17.8 Å². The molecule has 0 aliphatic heterocycles. The molecule has 1 fully saturated rings. The van der Waals surface area contributed by atoms with E-state index in [9.17, 15) is 5.11 Å². The molecule has 2 atom stereocenters. The van der Waals surface area contributed by atoms with E-state index in [1.54, 1.807) is 0 Å². The first kappa shape index (κ1) is 12.6. The highest BCUT2D eigenvalue weighted by atomic mass is 16.3. The molecule has 1 aromatic carbocycles.